The van der Waals surface area contributed by atoms with Crippen LogP contribution in [0.3, 0.4) is 0 Å². The summed E-state index contributed by atoms with van der Waals surface area (Å²) in [6.07, 6.45) is 1.49. The monoisotopic (exact) mass is 389 g/mol. The van der Waals surface area contributed by atoms with Crippen LogP contribution < -0.4 is 5.32 Å². The summed E-state index contributed by atoms with van der Waals surface area (Å²) in [6, 6.07) is 22.8. The van der Waals surface area contributed by atoms with Gasteiger partial charge in [-0.05, 0) is 23.3 Å². The van der Waals surface area contributed by atoms with Gasteiger partial charge in [0.05, 0.1) is 12.3 Å². The zero-order chi connectivity index (χ0) is 20.1. The first-order chi connectivity index (χ1) is 14.2. The molecule has 1 saturated heterocycles. The van der Waals surface area contributed by atoms with Crippen molar-refractivity contribution in [2.45, 2.75) is 6.04 Å². The van der Waals surface area contributed by atoms with Crippen LogP contribution in [0.5, 0.6) is 0 Å². The fourth-order valence-corrected chi connectivity index (χ4v) is 3.53. The topological polar surface area (TPSA) is 65.8 Å². The third kappa shape index (κ3) is 4.32. The Bertz CT molecular complexity index is 895. The number of amides is 3. The van der Waals surface area contributed by atoms with Crippen LogP contribution >= 0.6 is 0 Å². The number of hydrogen-bond acceptors (Lipinski definition) is 3. The molecule has 1 aliphatic rings. The smallest absolute Gasteiger partial charge is 0.318 e. The molecular formula is C23H23N3O3. The Hall–Kier alpha value is -3.54. The summed E-state index contributed by atoms with van der Waals surface area (Å²) in [7, 11) is 0. The highest BCUT2D eigenvalue weighted by Crippen LogP contribution is 2.22. The molecule has 3 amide bonds. The lowest BCUT2D eigenvalue weighted by molar-refractivity contribution is 0.0633. The second-order valence-electron chi connectivity index (χ2n) is 6.96. The lowest BCUT2D eigenvalue weighted by Gasteiger charge is -2.35. The number of carbonyl (C=O) groups is 2. The van der Waals surface area contributed by atoms with Crippen molar-refractivity contribution in [2.24, 2.45) is 0 Å². The van der Waals surface area contributed by atoms with Gasteiger partial charge in [0.25, 0.3) is 5.91 Å². The Labute approximate surface area is 169 Å². The van der Waals surface area contributed by atoms with E-state index >= 15 is 0 Å². The van der Waals surface area contributed by atoms with Gasteiger partial charge in [-0.2, -0.15) is 0 Å². The van der Waals surface area contributed by atoms with Crippen molar-refractivity contribution in [3.63, 3.8) is 0 Å². The third-order valence-corrected chi connectivity index (χ3v) is 5.12. The Balaban J connectivity index is 1.42. The molecule has 1 fully saturated rings. The van der Waals surface area contributed by atoms with E-state index in [-0.39, 0.29) is 18.0 Å². The van der Waals surface area contributed by atoms with Gasteiger partial charge in [-0.15, -0.1) is 0 Å². The van der Waals surface area contributed by atoms with Crippen LogP contribution in [0.15, 0.2) is 83.5 Å². The van der Waals surface area contributed by atoms with Crippen molar-refractivity contribution in [1.29, 1.82) is 0 Å². The van der Waals surface area contributed by atoms with Crippen molar-refractivity contribution >= 4 is 11.9 Å². The maximum atomic E-state index is 13.0. The number of nitrogens with zero attached hydrogens (tertiary/aromatic N) is 2. The van der Waals surface area contributed by atoms with Gasteiger partial charge < -0.3 is 19.5 Å². The molecule has 0 atom stereocenters. The highest BCUT2D eigenvalue weighted by Gasteiger charge is 2.27. The molecule has 1 aromatic heterocycles. The molecule has 1 N–H and O–H groups in total. The summed E-state index contributed by atoms with van der Waals surface area (Å²) in [5.41, 5.74) is 2.05. The molecule has 148 valence electrons. The minimum absolute atomic E-state index is 0.132. The predicted molar refractivity (Wildman–Crippen MR) is 109 cm³/mol. The maximum Gasteiger partial charge on any atom is 0.318 e. The number of nitrogens with one attached hydrogen (secondary N) is 1. The third-order valence-electron chi connectivity index (χ3n) is 5.12. The van der Waals surface area contributed by atoms with E-state index in [1.807, 2.05) is 60.7 Å². The van der Waals surface area contributed by atoms with E-state index in [1.165, 1.54) is 6.26 Å². The second kappa shape index (κ2) is 8.65. The minimum atomic E-state index is -0.229. The maximum absolute atomic E-state index is 13.0. The largest absolute Gasteiger partial charge is 0.459 e. The quantitative estimate of drug-likeness (QED) is 0.742. The zero-order valence-electron chi connectivity index (χ0n) is 16.0. The van der Waals surface area contributed by atoms with Crippen LogP contribution in [0, 0.1) is 0 Å². The average Bonchev–Trinajstić information content (AvgIpc) is 3.33. The molecule has 4 rings (SSSR count). The molecule has 6 heteroatoms. The summed E-state index contributed by atoms with van der Waals surface area (Å²) in [5.74, 6) is 0.192. The van der Waals surface area contributed by atoms with Crippen molar-refractivity contribution in [3.8, 4) is 0 Å². The molecular weight excluding hydrogens is 366 g/mol. The molecule has 29 heavy (non-hydrogen) atoms. The lowest BCUT2D eigenvalue weighted by atomic mass is 9.99. The molecule has 0 saturated carbocycles. The molecule has 0 radical (unpaired) electrons. The van der Waals surface area contributed by atoms with Gasteiger partial charge >= 0.3 is 6.03 Å². The highest BCUT2D eigenvalue weighted by molar-refractivity contribution is 5.91. The molecule has 0 bridgehead atoms. The first-order valence-electron chi connectivity index (χ1n) is 9.70. The van der Waals surface area contributed by atoms with Crippen molar-refractivity contribution in [1.82, 2.24) is 15.1 Å². The Morgan fingerprint density at radius 2 is 1.31 bits per heavy atom. The first-order valence-corrected chi connectivity index (χ1v) is 9.70. The molecule has 0 unspecified atom stereocenters. The van der Waals surface area contributed by atoms with E-state index in [0.717, 1.165) is 11.1 Å². The molecule has 1 aliphatic heterocycles. The van der Waals surface area contributed by atoms with Gasteiger partial charge in [-0.25, -0.2) is 4.79 Å². The standard InChI is InChI=1S/C23H23N3O3/c27-22(20-12-7-17-29-20)25-13-15-26(16-14-25)23(28)24-21(18-8-3-1-4-9-18)19-10-5-2-6-11-19/h1-12,17,21H,13-16H2,(H,24,28). The summed E-state index contributed by atoms with van der Waals surface area (Å²) < 4.78 is 5.19. The summed E-state index contributed by atoms with van der Waals surface area (Å²) >= 11 is 0. The van der Waals surface area contributed by atoms with Crippen LogP contribution in [0.25, 0.3) is 0 Å². The fraction of sp³-hybridized carbons (Fsp3) is 0.217. The molecule has 0 spiro atoms. The Morgan fingerprint density at radius 3 is 1.83 bits per heavy atom. The van der Waals surface area contributed by atoms with Crippen molar-refractivity contribution in [2.75, 3.05) is 26.2 Å². The van der Waals surface area contributed by atoms with Gasteiger partial charge in [-0.1, -0.05) is 60.7 Å². The number of rotatable bonds is 4. The van der Waals surface area contributed by atoms with Crippen molar-refractivity contribution < 1.29 is 14.0 Å². The van der Waals surface area contributed by atoms with Gasteiger partial charge in [0.15, 0.2) is 5.76 Å². The van der Waals surface area contributed by atoms with Crippen LogP contribution in [-0.4, -0.2) is 47.9 Å². The van der Waals surface area contributed by atoms with Gasteiger partial charge in [-0.3, -0.25) is 4.79 Å². The van der Waals surface area contributed by atoms with E-state index in [9.17, 15) is 9.59 Å². The van der Waals surface area contributed by atoms with Crippen LogP contribution in [0.1, 0.15) is 27.7 Å². The Kier molecular flexibility index (Phi) is 5.61. The lowest BCUT2D eigenvalue weighted by Crippen LogP contribution is -2.53. The molecule has 3 aromatic rings. The van der Waals surface area contributed by atoms with E-state index in [0.29, 0.717) is 31.9 Å². The van der Waals surface area contributed by atoms with E-state index in [2.05, 4.69) is 5.32 Å². The fourth-order valence-electron chi connectivity index (χ4n) is 3.53. The zero-order valence-corrected chi connectivity index (χ0v) is 16.0. The molecule has 0 aliphatic carbocycles. The number of piperazine rings is 1. The SMILES string of the molecule is O=C(NC(c1ccccc1)c1ccccc1)N1CCN(C(=O)c2ccco2)CC1. The van der Waals surface area contributed by atoms with Crippen molar-refractivity contribution in [3.05, 3.63) is 95.9 Å². The summed E-state index contributed by atoms with van der Waals surface area (Å²) in [6.45, 7) is 1.92. The number of hydrogen-bond donors (Lipinski definition) is 1. The van der Waals surface area contributed by atoms with Crippen LogP contribution in [-0.2, 0) is 0 Å². The number of urea groups is 1. The summed E-state index contributed by atoms with van der Waals surface area (Å²) in [4.78, 5) is 28.8. The number of furan rings is 1. The number of carbonyl (C=O) groups excluding carboxylic acids is 2. The van der Waals surface area contributed by atoms with E-state index in [1.54, 1.807) is 21.9 Å². The van der Waals surface area contributed by atoms with Gasteiger partial charge in [0, 0.05) is 26.2 Å². The molecule has 6 nitrogen and oxygen atoms in total. The predicted octanol–water partition coefficient (Wildman–Crippen LogP) is 3.54. The van der Waals surface area contributed by atoms with Crippen LogP contribution in [0.2, 0.25) is 0 Å². The Morgan fingerprint density at radius 1 is 0.759 bits per heavy atom. The highest BCUT2D eigenvalue weighted by atomic mass is 16.3. The normalized spacial score (nSPS) is 14.1. The molecule has 2 aromatic carbocycles. The first kappa shape index (κ1) is 18.8. The summed E-state index contributed by atoms with van der Waals surface area (Å²) in [5, 5.41) is 3.16. The second-order valence-corrected chi connectivity index (χ2v) is 6.96. The van der Waals surface area contributed by atoms with Crippen LogP contribution in [0.4, 0.5) is 4.79 Å². The van der Waals surface area contributed by atoms with Gasteiger partial charge in [0.1, 0.15) is 0 Å². The minimum Gasteiger partial charge on any atom is -0.459 e. The van der Waals surface area contributed by atoms with Gasteiger partial charge in [0.2, 0.25) is 0 Å². The van der Waals surface area contributed by atoms with E-state index in [4.69, 9.17) is 4.42 Å². The number of benzene rings is 2. The average molecular weight is 389 g/mol. The van der Waals surface area contributed by atoms with E-state index < -0.39 is 0 Å². The molecule has 2 heterocycles.